The number of rotatable bonds is 4. The minimum atomic E-state index is -0.231. The molecule has 0 atom stereocenters. The average molecular weight is 327 g/mol. The van der Waals surface area contributed by atoms with E-state index in [4.69, 9.17) is 9.47 Å². The quantitative estimate of drug-likeness (QED) is 0.639. The van der Waals surface area contributed by atoms with Crippen LogP contribution in [0.1, 0.15) is 6.92 Å². The van der Waals surface area contributed by atoms with E-state index in [0.29, 0.717) is 6.61 Å². The molecule has 1 aromatic heterocycles. The Hall–Kier alpha value is -1.62. The average Bonchev–Trinajstić information content (AvgIpc) is 2.38. The van der Waals surface area contributed by atoms with Crippen molar-refractivity contribution in [2.24, 2.45) is 0 Å². The Kier molecular flexibility index (Phi) is 5.76. The summed E-state index contributed by atoms with van der Waals surface area (Å²) in [6, 6.07) is 9.65. The molecule has 0 spiro atoms. The molecule has 0 bridgehead atoms. The zero-order valence-corrected chi connectivity index (χ0v) is 12.7. The summed E-state index contributed by atoms with van der Waals surface area (Å²) in [5.74, 6) is 0.571. The fourth-order valence-corrected chi connectivity index (χ4v) is 1.87. The van der Waals surface area contributed by atoms with Gasteiger partial charge in [-0.1, -0.05) is 0 Å². The summed E-state index contributed by atoms with van der Waals surface area (Å²) >= 11 is 0. The van der Waals surface area contributed by atoms with E-state index in [1.54, 1.807) is 14.0 Å². The number of pyridine rings is 1. The van der Waals surface area contributed by atoms with E-state index >= 15 is 0 Å². The van der Waals surface area contributed by atoms with Gasteiger partial charge in [-0.15, -0.1) is 17.0 Å². The number of aromatic nitrogens is 1. The molecule has 4 nitrogen and oxygen atoms in total. The van der Waals surface area contributed by atoms with Gasteiger partial charge in [0.25, 0.3) is 0 Å². The predicted octanol–water partition coefficient (Wildman–Crippen LogP) is 2.28. The normalized spacial score (nSPS) is 9.79. The number of hydrogen-bond donors (Lipinski definition) is 0. The van der Waals surface area contributed by atoms with Gasteiger partial charge in [0.05, 0.1) is 19.1 Å². The monoisotopic (exact) mass is 326 g/mol. The van der Waals surface area contributed by atoms with Crippen molar-refractivity contribution >= 4 is 33.9 Å². The minimum absolute atomic E-state index is 0. The molecule has 5 heteroatoms. The van der Waals surface area contributed by atoms with Gasteiger partial charge in [0.2, 0.25) is 12.1 Å². The Morgan fingerprint density at radius 1 is 1.32 bits per heavy atom. The lowest BCUT2D eigenvalue weighted by atomic mass is 10.2. The van der Waals surface area contributed by atoms with Crippen LogP contribution in [0.5, 0.6) is 5.75 Å². The number of nitrogens with zero attached hydrogens (tertiary/aromatic N) is 1. The summed E-state index contributed by atoms with van der Waals surface area (Å²) in [6.45, 7) is 2.42. The molecular formula is C14H17BrNO3+. The molecule has 0 saturated heterocycles. The zero-order valence-electron chi connectivity index (χ0n) is 11.0. The number of halogens is 1. The van der Waals surface area contributed by atoms with Gasteiger partial charge in [-0.25, -0.2) is 4.79 Å². The number of benzene rings is 1. The molecule has 19 heavy (non-hydrogen) atoms. The third kappa shape index (κ3) is 3.67. The zero-order chi connectivity index (χ0) is 13.0. The Morgan fingerprint density at radius 3 is 2.79 bits per heavy atom. The molecule has 0 aliphatic carbocycles. The van der Waals surface area contributed by atoms with Gasteiger partial charge in [0.1, 0.15) is 5.75 Å². The molecule has 0 amide bonds. The van der Waals surface area contributed by atoms with Crippen LogP contribution in [-0.2, 0) is 16.1 Å². The van der Waals surface area contributed by atoms with Crippen LogP contribution in [-0.4, -0.2) is 19.7 Å². The number of fused-ring (bicyclic) bond motifs is 1. The van der Waals surface area contributed by atoms with Gasteiger partial charge < -0.3 is 9.47 Å². The van der Waals surface area contributed by atoms with Gasteiger partial charge in [0, 0.05) is 12.1 Å². The van der Waals surface area contributed by atoms with Gasteiger partial charge in [0.15, 0.2) is 6.20 Å². The highest BCUT2D eigenvalue weighted by Gasteiger charge is 2.14. The maximum Gasteiger partial charge on any atom is 0.372 e. The summed E-state index contributed by atoms with van der Waals surface area (Å²) in [5, 5.41) is 1.03. The molecule has 0 N–H and O–H groups in total. The molecule has 1 aromatic carbocycles. The minimum Gasteiger partial charge on any atom is -0.497 e. The third-order valence-electron chi connectivity index (χ3n) is 2.69. The molecule has 1 heterocycles. The van der Waals surface area contributed by atoms with Crippen LogP contribution in [0.25, 0.3) is 10.9 Å². The van der Waals surface area contributed by atoms with Crippen molar-refractivity contribution in [1.82, 2.24) is 0 Å². The Balaban J connectivity index is 0.00000180. The maximum absolute atomic E-state index is 11.5. The van der Waals surface area contributed by atoms with E-state index in [1.165, 1.54) is 0 Å². The Bertz CT molecular complexity index is 572. The molecule has 0 aliphatic heterocycles. The molecule has 0 unspecified atom stereocenters. The van der Waals surface area contributed by atoms with E-state index in [9.17, 15) is 4.79 Å². The highest BCUT2D eigenvalue weighted by molar-refractivity contribution is 8.93. The standard InChI is InChI=1S/C14H16NO3.BrH/c1-3-18-14(16)10-15-8-4-5-11-9-12(17-2)6-7-13(11)15;/h4-9H,3,10H2,1-2H3;1H/q+1;. The lowest BCUT2D eigenvalue weighted by Crippen LogP contribution is -2.39. The summed E-state index contributed by atoms with van der Waals surface area (Å²) in [4.78, 5) is 11.5. The fourth-order valence-electron chi connectivity index (χ4n) is 1.87. The van der Waals surface area contributed by atoms with E-state index in [2.05, 4.69) is 0 Å². The second-order valence-electron chi connectivity index (χ2n) is 3.87. The van der Waals surface area contributed by atoms with E-state index in [-0.39, 0.29) is 29.5 Å². The number of carbonyl (C=O) groups excluding carboxylic acids is 1. The molecule has 0 aliphatic rings. The third-order valence-corrected chi connectivity index (χ3v) is 2.69. The van der Waals surface area contributed by atoms with E-state index in [0.717, 1.165) is 16.7 Å². The van der Waals surface area contributed by atoms with Crippen LogP contribution >= 0.6 is 17.0 Å². The number of methoxy groups -OCH3 is 1. The van der Waals surface area contributed by atoms with Crippen molar-refractivity contribution in [2.75, 3.05) is 13.7 Å². The van der Waals surface area contributed by atoms with Crippen molar-refractivity contribution in [3.05, 3.63) is 36.5 Å². The van der Waals surface area contributed by atoms with Crippen LogP contribution in [0.4, 0.5) is 0 Å². The first kappa shape index (κ1) is 15.4. The second kappa shape index (κ2) is 7.09. The van der Waals surface area contributed by atoms with Gasteiger partial charge in [-0.2, -0.15) is 4.57 Å². The first-order valence-electron chi connectivity index (χ1n) is 5.86. The Morgan fingerprint density at radius 2 is 2.11 bits per heavy atom. The molecule has 0 saturated carbocycles. The molecule has 2 aromatic rings. The molecule has 2 rings (SSSR count). The predicted molar refractivity (Wildman–Crippen MR) is 77.7 cm³/mol. The number of esters is 1. The largest absolute Gasteiger partial charge is 0.497 e. The summed E-state index contributed by atoms with van der Waals surface area (Å²) in [6.07, 6.45) is 1.87. The van der Waals surface area contributed by atoms with Crippen molar-refractivity contribution in [2.45, 2.75) is 13.5 Å². The van der Waals surface area contributed by atoms with E-state index < -0.39 is 0 Å². The van der Waals surface area contributed by atoms with Crippen LogP contribution in [0.15, 0.2) is 36.5 Å². The smallest absolute Gasteiger partial charge is 0.372 e. The summed E-state index contributed by atoms with van der Waals surface area (Å²) in [5.41, 5.74) is 0.978. The molecule has 0 radical (unpaired) electrons. The van der Waals surface area contributed by atoms with Crippen LogP contribution < -0.4 is 9.30 Å². The SMILES string of the molecule is Br.CCOC(=O)C[n+]1cccc2cc(OC)ccc21. The van der Waals surface area contributed by atoms with Crippen LogP contribution in [0, 0.1) is 0 Å². The van der Waals surface area contributed by atoms with Crippen molar-refractivity contribution in [3.63, 3.8) is 0 Å². The fraction of sp³-hybridized carbons (Fsp3) is 0.286. The maximum atomic E-state index is 11.5. The van der Waals surface area contributed by atoms with Gasteiger partial charge >= 0.3 is 5.97 Å². The van der Waals surface area contributed by atoms with Crippen molar-refractivity contribution in [3.8, 4) is 5.75 Å². The highest BCUT2D eigenvalue weighted by Crippen LogP contribution is 2.17. The lowest BCUT2D eigenvalue weighted by molar-refractivity contribution is -0.660. The van der Waals surface area contributed by atoms with Crippen molar-refractivity contribution < 1.29 is 18.8 Å². The molecule has 102 valence electrons. The van der Waals surface area contributed by atoms with Crippen molar-refractivity contribution in [1.29, 1.82) is 0 Å². The summed E-state index contributed by atoms with van der Waals surface area (Å²) in [7, 11) is 1.64. The van der Waals surface area contributed by atoms with Crippen LogP contribution in [0.3, 0.4) is 0 Å². The first-order valence-corrected chi connectivity index (χ1v) is 5.86. The highest BCUT2D eigenvalue weighted by atomic mass is 79.9. The lowest BCUT2D eigenvalue weighted by Gasteiger charge is -2.03. The summed E-state index contributed by atoms with van der Waals surface area (Å²) < 4.78 is 12.0. The number of ether oxygens (including phenoxy) is 2. The van der Waals surface area contributed by atoms with Gasteiger partial charge in [-0.05, 0) is 25.1 Å². The topological polar surface area (TPSA) is 39.4 Å². The first-order chi connectivity index (χ1) is 8.74. The van der Waals surface area contributed by atoms with Crippen LogP contribution in [0.2, 0.25) is 0 Å². The Labute approximate surface area is 122 Å². The second-order valence-corrected chi connectivity index (χ2v) is 3.87. The molecular weight excluding hydrogens is 310 g/mol. The van der Waals surface area contributed by atoms with E-state index in [1.807, 2.05) is 41.1 Å². The number of hydrogen-bond acceptors (Lipinski definition) is 3. The van der Waals surface area contributed by atoms with Gasteiger partial charge in [-0.3, -0.25) is 0 Å². The molecule has 0 fully saturated rings. The number of carbonyl (C=O) groups is 1.